The summed E-state index contributed by atoms with van der Waals surface area (Å²) in [6.45, 7) is 0. The topological polar surface area (TPSA) is 29.1 Å². The Balaban J connectivity index is 1.81. The number of amides is 1. The monoisotopic (exact) mass is 313 g/mol. The van der Waals surface area contributed by atoms with Crippen LogP contribution in [0.15, 0.2) is 36.4 Å². The van der Waals surface area contributed by atoms with Gasteiger partial charge in [0.05, 0.1) is 5.41 Å². The van der Waals surface area contributed by atoms with Gasteiger partial charge in [-0.1, -0.05) is 31.4 Å². The van der Waals surface area contributed by atoms with E-state index in [2.05, 4.69) is 5.32 Å². The van der Waals surface area contributed by atoms with Crippen molar-refractivity contribution in [2.24, 2.45) is 0 Å². The van der Waals surface area contributed by atoms with Gasteiger partial charge in [-0.2, -0.15) is 0 Å². The normalized spacial score (nSPS) is 18.8. The van der Waals surface area contributed by atoms with Crippen LogP contribution in [-0.4, -0.2) is 5.91 Å². The lowest BCUT2D eigenvalue weighted by atomic mass is 9.70. The first-order chi connectivity index (χ1) is 11.1. The Hall–Kier alpha value is -2.23. The Morgan fingerprint density at radius 3 is 2.30 bits per heavy atom. The Morgan fingerprint density at radius 1 is 0.870 bits per heavy atom. The average molecular weight is 313 g/mol. The van der Waals surface area contributed by atoms with Crippen LogP contribution in [0.3, 0.4) is 0 Å². The van der Waals surface area contributed by atoms with E-state index in [9.17, 15) is 13.6 Å². The van der Waals surface area contributed by atoms with E-state index in [1.165, 1.54) is 6.07 Å². The van der Waals surface area contributed by atoms with Crippen molar-refractivity contribution >= 4 is 11.6 Å². The summed E-state index contributed by atoms with van der Waals surface area (Å²) in [5.74, 6) is -1.63. The van der Waals surface area contributed by atoms with Gasteiger partial charge in [0.25, 0.3) is 0 Å². The second-order valence-electron chi connectivity index (χ2n) is 6.49. The third kappa shape index (κ3) is 2.16. The largest absolute Gasteiger partial charge is 0.325 e. The summed E-state index contributed by atoms with van der Waals surface area (Å²) in [4.78, 5) is 12.5. The van der Waals surface area contributed by atoms with Gasteiger partial charge in [0, 0.05) is 5.69 Å². The van der Waals surface area contributed by atoms with Gasteiger partial charge in [0.15, 0.2) is 11.6 Å². The van der Waals surface area contributed by atoms with Crippen LogP contribution < -0.4 is 5.32 Å². The van der Waals surface area contributed by atoms with Crippen LogP contribution in [0, 0.1) is 11.6 Å². The third-order valence-corrected chi connectivity index (χ3v) is 5.18. The summed E-state index contributed by atoms with van der Waals surface area (Å²) in [5.41, 5.74) is 2.84. The minimum Gasteiger partial charge on any atom is -0.325 e. The lowest BCUT2D eigenvalue weighted by molar-refractivity contribution is -0.121. The summed E-state index contributed by atoms with van der Waals surface area (Å²) in [6.07, 6.45) is 4.96. The molecule has 118 valence electrons. The number of rotatable bonds is 1. The molecule has 4 heteroatoms. The Labute approximate surface area is 133 Å². The van der Waals surface area contributed by atoms with E-state index in [1.807, 2.05) is 18.2 Å². The second kappa shape index (κ2) is 5.15. The highest BCUT2D eigenvalue weighted by Crippen LogP contribution is 2.48. The van der Waals surface area contributed by atoms with E-state index >= 15 is 0 Å². The SMILES string of the molecule is O=C1Nc2ccc(-c3ccc(F)c(F)c3)cc2C12CCCCC2. The van der Waals surface area contributed by atoms with Gasteiger partial charge in [-0.25, -0.2) is 8.78 Å². The van der Waals surface area contributed by atoms with Crippen molar-refractivity contribution < 1.29 is 13.6 Å². The lowest BCUT2D eigenvalue weighted by Crippen LogP contribution is -2.36. The van der Waals surface area contributed by atoms with E-state index in [0.717, 1.165) is 55.0 Å². The molecule has 2 aromatic rings. The number of hydrogen-bond acceptors (Lipinski definition) is 1. The van der Waals surface area contributed by atoms with Crippen LogP contribution >= 0.6 is 0 Å². The van der Waals surface area contributed by atoms with Crippen LogP contribution in [0.4, 0.5) is 14.5 Å². The number of anilines is 1. The molecule has 0 bridgehead atoms. The summed E-state index contributed by atoms with van der Waals surface area (Å²) in [6, 6.07) is 9.58. The van der Waals surface area contributed by atoms with Crippen molar-refractivity contribution in [3.63, 3.8) is 0 Å². The van der Waals surface area contributed by atoms with E-state index < -0.39 is 17.0 Å². The fourth-order valence-electron chi connectivity index (χ4n) is 3.92. The molecule has 1 amide bonds. The van der Waals surface area contributed by atoms with E-state index in [1.54, 1.807) is 6.07 Å². The molecule has 0 aromatic heterocycles. The maximum atomic E-state index is 13.5. The quantitative estimate of drug-likeness (QED) is 0.806. The molecule has 0 atom stereocenters. The number of carbonyl (C=O) groups is 1. The second-order valence-corrected chi connectivity index (χ2v) is 6.49. The van der Waals surface area contributed by atoms with Gasteiger partial charge >= 0.3 is 0 Å². The molecule has 23 heavy (non-hydrogen) atoms. The minimum atomic E-state index is -0.857. The molecule has 1 N–H and O–H groups in total. The smallest absolute Gasteiger partial charge is 0.235 e. The van der Waals surface area contributed by atoms with Crippen LogP contribution in [0.1, 0.15) is 37.7 Å². The highest BCUT2D eigenvalue weighted by atomic mass is 19.2. The molecule has 2 aromatic carbocycles. The Bertz CT molecular complexity index is 794. The molecule has 1 aliphatic carbocycles. The van der Waals surface area contributed by atoms with Gasteiger partial charge < -0.3 is 5.32 Å². The van der Waals surface area contributed by atoms with Crippen molar-refractivity contribution in [1.29, 1.82) is 0 Å². The van der Waals surface area contributed by atoms with Gasteiger partial charge in [0.2, 0.25) is 5.91 Å². The van der Waals surface area contributed by atoms with Crippen molar-refractivity contribution in [2.45, 2.75) is 37.5 Å². The Morgan fingerprint density at radius 2 is 1.57 bits per heavy atom. The first-order valence-electron chi connectivity index (χ1n) is 8.02. The fraction of sp³-hybridized carbons (Fsp3) is 0.316. The molecule has 1 spiro atoms. The van der Waals surface area contributed by atoms with Gasteiger partial charge in [-0.15, -0.1) is 0 Å². The lowest BCUT2D eigenvalue weighted by Gasteiger charge is -2.31. The van der Waals surface area contributed by atoms with Crippen molar-refractivity contribution in [1.82, 2.24) is 0 Å². The summed E-state index contributed by atoms with van der Waals surface area (Å²) in [7, 11) is 0. The fourth-order valence-corrected chi connectivity index (χ4v) is 3.92. The Kier molecular flexibility index (Phi) is 3.22. The van der Waals surface area contributed by atoms with Crippen molar-refractivity contribution in [3.8, 4) is 11.1 Å². The molecular weight excluding hydrogens is 296 g/mol. The average Bonchev–Trinajstić information content (AvgIpc) is 2.83. The molecule has 1 aliphatic heterocycles. The molecule has 0 radical (unpaired) electrons. The van der Waals surface area contributed by atoms with Gasteiger partial charge in [-0.05, 0) is 53.8 Å². The van der Waals surface area contributed by atoms with Crippen LogP contribution in [-0.2, 0) is 10.2 Å². The third-order valence-electron chi connectivity index (χ3n) is 5.18. The van der Waals surface area contributed by atoms with E-state index in [-0.39, 0.29) is 5.91 Å². The first kappa shape index (κ1) is 14.4. The summed E-state index contributed by atoms with van der Waals surface area (Å²) in [5, 5.41) is 2.98. The minimum absolute atomic E-state index is 0.0784. The number of halogens is 2. The number of benzene rings is 2. The van der Waals surface area contributed by atoms with Gasteiger partial charge in [-0.3, -0.25) is 4.79 Å². The van der Waals surface area contributed by atoms with E-state index in [0.29, 0.717) is 5.56 Å². The number of carbonyl (C=O) groups excluding carboxylic acids is 1. The predicted octanol–water partition coefficient (Wildman–Crippen LogP) is 4.79. The molecule has 0 saturated heterocycles. The molecule has 1 heterocycles. The maximum Gasteiger partial charge on any atom is 0.235 e. The number of fused-ring (bicyclic) bond motifs is 2. The van der Waals surface area contributed by atoms with Crippen LogP contribution in [0.2, 0.25) is 0 Å². The standard InChI is InChI=1S/C19H17F2NO/c20-15-6-4-13(11-16(15)21)12-5-7-17-14(10-12)19(18(23)22-17)8-2-1-3-9-19/h4-7,10-11H,1-3,8-9H2,(H,22,23). The van der Waals surface area contributed by atoms with Gasteiger partial charge in [0.1, 0.15) is 0 Å². The molecule has 4 rings (SSSR count). The van der Waals surface area contributed by atoms with Crippen LogP contribution in [0.5, 0.6) is 0 Å². The van der Waals surface area contributed by atoms with Crippen molar-refractivity contribution in [3.05, 3.63) is 53.6 Å². The maximum absolute atomic E-state index is 13.5. The molecule has 0 unspecified atom stereocenters. The van der Waals surface area contributed by atoms with E-state index in [4.69, 9.17) is 0 Å². The molecule has 2 nitrogen and oxygen atoms in total. The predicted molar refractivity (Wildman–Crippen MR) is 85.2 cm³/mol. The number of nitrogens with one attached hydrogen (secondary N) is 1. The first-order valence-corrected chi connectivity index (χ1v) is 8.02. The van der Waals surface area contributed by atoms with Crippen molar-refractivity contribution in [2.75, 3.05) is 5.32 Å². The zero-order chi connectivity index (χ0) is 16.0. The summed E-state index contributed by atoms with van der Waals surface area (Å²) >= 11 is 0. The number of hydrogen-bond donors (Lipinski definition) is 1. The molecular formula is C19H17F2NO. The molecule has 1 saturated carbocycles. The molecule has 1 fully saturated rings. The van der Waals surface area contributed by atoms with Crippen LogP contribution in [0.25, 0.3) is 11.1 Å². The highest BCUT2D eigenvalue weighted by molar-refractivity contribution is 6.06. The highest BCUT2D eigenvalue weighted by Gasteiger charge is 2.47. The zero-order valence-electron chi connectivity index (χ0n) is 12.7. The molecule has 2 aliphatic rings. The zero-order valence-corrected chi connectivity index (χ0v) is 12.7. The summed E-state index contributed by atoms with van der Waals surface area (Å²) < 4.78 is 26.6.